The Kier molecular flexibility index (Phi) is 4.31. The Bertz CT molecular complexity index is 558. The molecule has 20 heavy (non-hydrogen) atoms. The largest absolute Gasteiger partial charge is 0.410 e. The minimum Gasteiger partial charge on any atom is -0.410 e. The van der Waals surface area contributed by atoms with Crippen molar-refractivity contribution in [3.8, 4) is 0 Å². The molecule has 0 aliphatic heterocycles. The lowest BCUT2D eigenvalue weighted by Gasteiger charge is -2.34. The molecule has 1 aromatic carbocycles. The van der Waals surface area contributed by atoms with Crippen molar-refractivity contribution >= 4 is 29.9 Å². The van der Waals surface area contributed by atoms with Crippen LogP contribution in [0, 0.1) is 0 Å². The van der Waals surface area contributed by atoms with E-state index in [1.54, 1.807) is 11.1 Å². The van der Waals surface area contributed by atoms with Crippen molar-refractivity contribution in [3.63, 3.8) is 0 Å². The molecule has 0 fully saturated rings. The molecule has 0 heterocycles. The molecule has 0 radical (unpaired) electrons. The van der Waals surface area contributed by atoms with Crippen LogP contribution in [0.4, 0.5) is 5.69 Å². The van der Waals surface area contributed by atoms with Crippen molar-refractivity contribution < 1.29 is 0 Å². The Hall–Kier alpha value is -0.803. The summed E-state index contributed by atoms with van der Waals surface area (Å²) in [6, 6.07) is 8.52. The van der Waals surface area contributed by atoms with Crippen LogP contribution in [0.25, 0.3) is 0 Å². The highest BCUT2D eigenvalue weighted by molar-refractivity contribution is 9.10. The summed E-state index contributed by atoms with van der Waals surface area (Å²) in [5, 5.41) is 0. The molecule has 0 aromatic heterocycles. The third kappa shape index (κ3) is 2.79. The van der Waals surface area contributed by atoms with Gasteiger partial charge in [-0.05, 0) is 63.1 Å². The molecule has 0 saturated heterocycles. The summed E-state index contributed by atoms with van der Waals surface area (Å²) in [6.45, 7) is 14.0. The molecule has 0 atom stereocenters. The first kappa shape index (κ1) is 15.6. The molecular formula is C17H24BrNSi. The van der Waals surface area contributed by atoms with Crippen molar-refractivity contribution in [3.05, 3.63) is 51.0 Å². The smallest absolute Gasteiger partial charge is 0.158 e. The first-order valence-corrected chi connectivity index (χ1v) is 11.0. The molecule has 0 unspecified atom stereocenters. The molecule has 1 nitrogen and oxygen atoms in total. The van der Waals surface area contributed by atoms with Gasteiger partial charge < -0.3 is 4.98 Å². The number of hydrogen-bond acceptors (Lipinski definition) is 1. The Morgan fingerprint density at radius 2 is 1.35 bits per heavy atom. The topological polar surface area (TPSA) is 12.0 Å². The molecule has 1 N–H and O–H groups in total. The monoisotopic (exact) mass is 349 g/mol. The maximum atomic E-state index is 3.84. The number of rotatable bonds is 3. The van der Waals surface area contributed by atoms with Gasteiger partial charge in [0.1, 0.15) is 0 Å². The van der Waals surface area contributed by atoms with E-state index >= 15 is 0 Å². The van der Waals surface area contributed by atoms with Crippen LogP contribution in [-0.4, -0.2) is 8.24 Å². The number of halogens is 1. The normalized spacial score (nSPS) is 17.1. The molecular weight excluding hydrogens is 326 g/mol. The zero-order valence-corrected chi connectivity index (χ0v) is 15.9. The second kappa shape index (κ2) is 5.53. The van der Waals surface area contributed by atoms with Gasteiger partial charge in [0.2, 0.25) is 0 Å². The zero-order valence-electron chi connectivity index (χ0n) is 13.3. The van der Waals surface area contributed by atoms with Crippen molar-refractivity contribution in [1.29, 1.82) is 0 Å². The number of nitrogens with one attached hydrogen (secondary N) is 1. The van der Waals surface area contributed by atoms with Crippen LogP contribution in [0.3, 0.4) is 0 Å². The minimum absolute atomic E-state index is 0.603. The first-order chi connectivity index (χ1) is 9.24. The van der Waals surface area contributed by atoms with Gasteiger partial charge in [0.05, 0.1) is 0 Å². The molecule has 1 aliphatic carbocycles. The van der Waals surface area contributed by atoms with Crippen LogP contribution in [0.1, 0.15) is 27.7 Å². The fourth-order valence-corrected chi connectivity index (χ4v) is 7.33. The average molecular weight is 350 g/mol. The van der Waals surface area contributed by atoms with Crippen LogP contribution in [0.5, 0.6) is 0 Å². The quantitative estimate of drug-likeness (QED) is 0.647. The third-order valence-electron chi connectivity index (χ3n) is 4.64. The van der Waals surface area contributed by atoms with Crippen molar-refractivity contribution in [2.75, 3.05) is 4.98 Å². The summed E-state index contributed by atoms with van der Waals surface area (Å²) in [6.07, 6.45) is 0. The fraction of sp³-hybridized carbons (Fsp3) is 0.412. The first-order valence-electron chi connectivity index (χ1n) is 7.13. The summed E-state index contributed by atoms with van der Waals surface area (Å²) in [7, 11) is -1.62. The van der Waals surface area contributed by atoms with Gasteiger partial charge in [-0.2, -0.15) is 0 Å². The summed E-state index contributed by atoms with van der Waals surface area (Å²) in [4.78, 5) is 3.84. The molecule has 0 spiro atoms. The Balaban J connectivity index is 2.29. The van der Waals surface area contributed by atoms with Gasteiger partial charge in [-0.15, -0.1) is 0 Å². The second-order valence-electron chi connectivity index (χ2n) is 6.40. The zero-order chi connectivity index (χ0) is 15.1. The lowest BCUT2D eigenvalue weighted by atomic mass is 10.1. The highest BCUT2D eigenvalue weighted by Gasteiger charge is 2.39. The van der Waals surface area contributed by atoms with E-state index in [1.807, 2.05) is 0 Å². The van der Waals surface area contributed by atoms with E-state index in [0.29, 0.717) is 5.54 Å². The van der Waals surface area contributed by atoms with Crippen LogP contribution >= 0.6 is 15.9 Å². The molecule has 1 aromatic rings. The van der Waals surface area contributed by atoms with E-state index < -0.39 is 8.24 Å². The standard InChI is InChI=1S/C17H24BrNSi/c1-11-12(2)14(4)17(13(11)3)20(5,6)19-16-9-7-15(18)8-10-16/h7-10,17,19H,1-6H3. The second-order valence-corrected chi connectivity index (χ2v) is 11.6. The highest BCUT2D eigenvalue weighted by atomic mass is 79.9. The number of anilines is 1. The van der Waals surface area contributed by atoms with Crippen LogP contribution < -0.4 is 4.98 Å². The van der Waals surface area contributed by atoms with E-state index in [-0.39, 0.29) is 0 Å². The lowest BCUT2D eigenvalue weighted by Crippen LogP contribution is -2.42. The highest BCUT2D eigenvalue weighted by Crippen LogP contribution is 2.46. The Labute approximate surface area is 132 Å². The summed E-state index contributed by atoms with van der Waals surface area (Å²) in [5.74, 6) is 0. The number of benzene rings is 1. The molecule has 2 rings (SSSR count). The van der Waals surface area contributed by atoms with E-state index in [4.69, 9.17) is 0 Å². The maximum Gasteiger partial charge on any atom is 0.158 e. The lowest BCUT2D eigenvalue weighted by molar-refractivity contribution is 1.07. The van der Waals surface area contributed by atoms with Crippen molar-refractivity contribution in [2.24, 2.45) is 0 Å². The molecule has 0 amide bonds. The average Bonchev–Trinajstić information content (AvgIpc) is 2.57. The summed E-state index contributed by atoms with van der Waals surface area (Å²) in [5.41, 5.74) is 7.93. The van der Waals surface area contributed by atoms with Crippen LogP contribution in [0.2, 0.25) is 18.6 Å². The summed E-state index contributed by atoms with van der Waals surface area (Å²) < 4.78 is 1.13. The SMILES string of the molecule is CC1=C(C)C([Si](C)(C)Nc2ccc(Br)cc2)C(C)=C1C. The maximum absolute atomic E-state index is 3.84. The third-order valence-corrected chi connectivity index (χ3v) is 8.42. The van der Waals surface area contributed by atoms with E-state index in [9.17, 15) is 0 Å². The van der Waals surface area contributed by atoms with E-state index in [2.05, 4.69) is 86.0 Å². The molecule has 1 aliphatic rings. The molecule has 3 heteroatoms. The van der Waals surface area contributed by atoms with E-state index in [0.717, 1.165) is 4.47 Å². The fourth-order valence-electron chi connectivity index (χ4n) is 3.41. The van der Waals surface area contributed by atoms with Gasteiger partial charge in [0, 0.05) is 15.7 Å². The Morgan fingerprint density at radius 3 is 1.80 bits per heavy atom. The van der Waals surface area contributed by atoms with E-state index in [1.165, 1.54) is 16.8 Å². The number of allylic oxidation sites excluding steroid dienone is 4. The van der Waals surface area contributed by atoms with Gasteiger partial charge in [-0.25, -0.2) is 0 Å². The van der Waals surface area contributed by atoms with Crippen LogP contribution in [-0.2, 0) is 0 Å². The van der Waals surface area contributed by atoms with Gasteiger partial charge in [0.15, 0.2) is 8.24 Å². The summed E-state index contributed by atoms with van der Waals surface area (Å²) >= 11 is 3.49. The minimum atomic E-state index is -1.62. The predicted octanol–water partition coefficient (Wildman–Crippen LogP) is 6.12. The van der Waals surface area contributed by atoms with Gasteiger partial charge in [-0.3, -0.25) is 0 Å². The van der Waals surface area contributed by atoms with Gasteiger partial charge >= 0.3 is 0 Å². The van der Waals surface area contributed by atoms with Crippen molar-refractivity contribution in [1.82, 2.24) is 0 Å². The van der Waals surface area contributed by atoms with Gasteiger partial charge in [-0.1, -0.05) is 40.2 Å². The number of hydrogen-bond donors (Lipinski definition) is 1. The predicted molar refractivity (Wildman–Crippen MR) is 95.7 cm³/mol. The molecule has 108 valence electrons. The van der Waals surface area contributed by atoms with Crippen molar-refractivity contribution in [2.45, 2.75) is 46.3 Å². The molecule has 0 bridgehead atoms. The van der Waals surface area contributed by atoms with Crippen LogP contribution in [0.15, 0.2) is 51.0 Å². The molecule has 0 saturated carbocycles. The van der Waals surface area contributed by atoms with Gasteiger partial charge in [0.25, 0.3) is 0 Å². The Morgan fingerprint density at radius 1 is 0.900 bits per heavy atom.